The van der Waals surface area contributed by atoms with Crippen molar-refractivity contribution in [1.82, 2.24) is 5.32 Å². The van der Waals surface area contributed by atoms with Gasteiger partial charge in [-0.3, -0.25) is 0 Å². The molecule has 2 unspecified atom stereocenters. The van der Waals surface area contributed by atoms with Gasteiger partial charge in [-0.2, -0.15) is 0 Å². The normalized spacial score (nSPS) is 33.0. The SMILES string of the molecule is OC1CCCCCC1NCC1CCCCCC1. The molecule has 17 heavy (non-hydrogen) atoms. The highest BCUT2D eigenvalue weighted by Crippen LogP contribution is 2.23. The summed E-state index contributed by atoms with van der Waals surface area (Å²) in [7, 11) is 0. The standard InChI is InChI=1S/C15H29NO/c17-15-11-7-3-6-10-14(15)16-12-13-8-4-1-2-5-9-13/h13-17H,1-12H2. The maximum atomic E-state index is 10.1. The van der Waals surface area contributed by atoms with E-state index in [9.17, 15) is 5.11 Å². The summed E-state index contributed by atoms with van der Waals surface area (Å²) >= 11 is 0. The van der Waals surface area contributed by atoms with Crippen molar-refractivity contribution in [2.45, 2.75) is 82.8 Å². The van der Waals surface area contributed by atoms with Gasteiger partial charge in [0.05, 0.1) is 6.10 Å². The summed E-state index contributed by atoms with van der Waals surface area (Å²) in [4.78, 5) is 0. The zero-order chi connectivity index (χ0) is 11.9. The van der Waals surface area contributed by atoms with Crippen LogP contribution in [0, 0.1) is 5.92 Å². The monoisotopic (exact) mass is 239 g/mol. The van der Waals surface area contributed by atoms with Crippen LogP contribution < -0.4 is 5.32 Å². The first kappa shape index (κ1) is 13.4. The van der Waals surface area contributed by atoms with Crippen LogP contribution in [-0.2, 0) is 0 Å². The Morgan fingerprint density at radius 1 is 0.765 bits per heavy atom. The molecule has 2 heteroatoms. The van der Waals surface area contributed by atoms with Gasteiger partial charge in [0, 0.05) is 6.04 Å². The van der Waals surface area contributed by atoms with E-state index in [0.717, 1.165) is 18.9 Å². The van der Waals surface area contributed by atoms with E-state index in [1.165, 1.54) is 64.2 Å². The number of hydrogen-bond acceptors (Lipinski definition) is 2. The van der Waals surface area contributed by atoms with E-state index in [1.54, 1.807) is 0 Å². The zero-order valence-electron chi connectivity index (χ0n) is 11.2. The maximum Gasteiger partial charge on any atom is 0.0693 e. The van der Waals surface area contributed by atoms with Crippen molar-refractivity contribution in [2.75, 3.05) is 6.54 Å². The van der Waals surface area contributed by atoms with Gasteiger partial charge in [-0.15, -0.1) is 0 Å². The lowest BCUT2D eigenvalue weighted by atomic mass is 9.98. The van der Waals surface area contributed by atoms with Crippen molar-refractivity contribution in [3.63, 3.8) is 0 Å². The fourth-order valence-corrected chi connectivity index (χ4v) is 3.41. The highest BCUT2D eigenvalue weighted by Gasteiger charge is 2.22. The molecule has 0 bridgehead atoms. The molecule has 0 radical (unpaired) electrons. The van der Waals surface area contributed by atoms with Gasteiger partial charge in [0.2, 0.25) is 0 Å². The predicted octanol–water partition coefficient (Wildman–Crippen LogP) is 3.24. The molecule has 0 heterocycles. The molecule has 0 aromatic carbocycles. The van der Waals surface area contributed by atoms with E-state index in [-0.39, 0.29) is 6.10 Å². The molecule has 2 nitrogen and oxygen atoms in total. The van der Waals surface area contributed by atoms with E-state index in [1.807, 2.05) is 0 Å². The third-order valence-corrected chi connectivity index (χ3v) is 4.62. The molecular formula is C15H29NO. The third-order valence-electron chi connectivity index (χ3n) is 4.62. The number of aliphatic hydroxyl groups excluding tert-OH is 1. The van der Waals surface area contributed by atoms with Gasteiger partial charge in [0.15, 0.2) is 0 Å². The van der Waals surface area contributed by atoms with Gasteiger partial charge < -0.3 is 10.4 Å². The van der Waals surface area contributed by atoms with Crippen LogP contribution in [0.2, 0.25) is 0 Å². The average molecular weight is 239 g/mol. The Hall–Kier alpha value is -0.0800. The molecule has 0 aliphatic heterocycles. The summed E-state index contributed by atoms with van der Waals surface area (Å²) in [5.41, 5.74) is 0. The minimum absolute atomic E-state index is 0.0942. The van der Waals surface area contributed by atoms with Crippen LogP contribution in [0.5, 0.6) is 0 Å². The van der Waals surface area contributed by atoms with Crippen molar-refractivity contribution < 1.29 is 5.11 Å². The zero-order valence-corrected chi connectivity index (χ0v) is 11.2. The van der Waals surface area contributed by atoms with Gasteiger partial charge in [-0.05, 0) is 38.1 Å². The summed E-state index contributed by atoms with van der Waals surface area (Å²) in [6.07, 6.45) is 14.4. The second kappa shape index (κ2) is 7.38. The Morgan fingerprint density at radius 2 is 1.35 bits per heavy atom. The number of nitrogens with one attached hydrogen (secondary N) is 1. The quantitative estimate of drug-likeness (QED) is 0.741. The molecule has 0 aromatic rings. The second-order valence-corrected chi connectivity index (χ2v) is 6.08. The first-order chi connectivity index (χ1) is 8.36. The largest absolute Gasteiger partial charge is 0.392 e. The highest BCUT2D eigenvalue weighted by atomic mass is 16.3. The van der Waals surface area contributed by atoms with Crippen LogP contribution in [0.15, 0.2) is 0 Å². The van der Waals surface area contributed by atoms with Crippen molar-refractivity contribution >= 4 is 0 Å². The highest BCUT2D eigenvalue weighted by molar-refractivity contribution is 4.80. The van der Waals surface area contributed by atoms with Crippen LogP contribution in [0.3, 0.4) is 0 Å². The molecular weight excluding hydrogens is 210 g/mol. The summed E-state index contributed by atoms with van der Waals surface area (Å²) in [6.45, 7) is 1.14. The molecule has 2 rings (SSSR count). The molecule has 2 N–H and O–H groups in total. The number of rotatable bonds is 3. The van der Waals surface area contributed by atoms with Crippen LogP contribution in [0.1, 0.15) is 70.6 Å². The van der Waals surface area contributed by atoms with Gasteiger partial charge in [0.1, 0.15) is 0 Å². The Labute approximate surface area is 106 Å². The molecule has 0 aromatic heterocycles. The van der Waals surface area contributed by atoms with Gasteiger partial charge in [0.25, 0.3) is 0 Å². The summed E-state index contributed by atoms with van der Waals surface area (Å²) in [5.74, 6) is 0.868. The first-order valence-electron chi connectivity index (χ1n) is 7.78. The van der Waals surface area contributed by atoms with Gasteiger partial charge >= 0.3 is 0 Å². The van der Waals surface area contributed by atoms with Crippen LogP contribution in [-0.4, -0.2) is 23.8 Å². The first-order valence-corrected chi connectivity index (χ1v) is 7.78. The smallest absolute Gasteiger partial charge is 0.0693 e. The predicted molar refractivity (Wildman–Crippen MR) is 72.1 cm³/mol. The molecule has 2 aliphatic carbocycles. The van der Waals surface area contributed by atoms with Crippen molar-refractivity contribution in [3.8, 4) is 0 Å². The molecule has 0 spiro atoms. The van der Waals surface area contributed by atoms with E-state index < -0.39 is 0 Å². The van der Waals surface area contributed by atoms with Crippen molar-refractivity contribution in [3.05, 3.63) is 0 Å². The lowest BCUT2D eigenvalue weighted by Gasteiger charge is -2.24. The number of aliphatic hydroxyl groups is 1. The molecule has 2 fully saturated rings. The maximum absolute atomic E-state index is 10.1. The Bertz CT molecular complexity index is 199. The van der Waals surface area contributed by atoms with Crippen LogP contribution >= 0.6 is 0 Å². The lowest BCUT2D eigenvalue weighted by Crippen LogP contribution is -2.41. The summed E-state index contributed by atoms with van der Waals surface area (Å²) in [6, 6.07) is 0.376. The summed E-state index contributed by atoms with van der Waals surface area (Å²) < 4.78 is 0. The van der Waals surface area contributed by atoms with Gasteiger partial charge in [-0.1, -0.05) is 44.9 Å². The molecule has 2 atom stereocenters. The Kier molecular flexibility index (Phi) is 5.79. The Balaban J connectivity index is 1.71. The minimum atomic E-state index is -0.0942. The Morgan fingerprint density at radius 3 is 2.12 bits per heavy atom. The molecule has 0 amide bonds. The van der Waals surface area contributed by atoms with E-state index in [4.69, 9.17) is 0 Å². The average Bonchev–Trinajstić information content (AvgIpc) is 2.69. The molecule has 0 saturated heterocycles. The molecule has 100 valence electrons. The van der Waals surface area contributed by atoms with Gasteiger partial charge in [-0.25, -0.2) is 0 Å². The molecule has 2 aliphatic rings. The fourth-order valence-electron chi connectivity index (χ4n) is 3.41. The second-order valence-electron chi connectivity index (χ2n) is 6.08. The van der Waals surface area contributed by atoms with E-state index >= 15 is 0 Å². The number of hydrogen-bond donors (Lipinski definition) is 2. The van der Waals surface area contributed by atoms with Crippen LogP contribution in [0.4, 0.5) is 0 Å². The van der Waals surface area contributed by atoms with E-state index in [2.05, 4.69) is 5.32 Å². The summed E-state index contributed by atoms with van der Waals surface area (Å²) in [5, 5.41) is 13.7. The van der Waals surface area contributed by atoms with Crippen LogP contribution in [0.25, 0.3) is 0 Å². The van der Waals surface area contributed by atoms with Crippen molar-refractivity contribution in [2.24, 2.45) is 5.92 Å². The minimum Gasteiger partial charge on any atom is -0.392 e. The third kappa shape index (κ3) is 4.59. The fraction of sp³-hybridized carbons (Fsp3) is 1.00. The topological polar surface area (TPSA) is 32.3 Å². The van der Waals surface area contributed by atoms with E-state index in [0.29, 0.717) is 6.04 Å². The lowest BCUT2D eigenvalue weighted by molar-refractivity contribution is 0.117. The van der Waals surface area contributed by atoms with Crippen molar-refractivity contribution in [1.29, 1.82) is 0 Å². The molecule has 2 saturated carbocycles.